The van der Waals surface area contributed by atoms with Gasteiger partial charge in [-0.3, -0.25) is 0 Å². The molecule has 56 valence electrons. The first-order valence-corrected chi connectivity index (χ1v) is 3.44. The van der Waals surface area contributed by atoms with Gasteiger partial charge in [-0.1, -0.05) is 19.2 Å². The van der Waals surface area contributed by atoms with Gasteiger partial charge < -0.3 is 4.90 Å². The molecule has 1 heteroatoms. The van der Waals surface area contributed by atoms with Crippen LogP contribution in [0.5, 0.6) is 0 Å². The number of nitrogens with zero attached hydrogens (tertiary/aromatic N) is 1. The van der Waals surface area contributed by atoms with Crippen molar-refractivity contribution in [3.05, 3.63) is 37.2 Å². The molecule has 0 heterocycles. The zero-order valence-electron chi connectivity index (χ0n) is 6.80. The predicted molar refractivity (Wildman–Crippen MR) is 46.5 cm³/mol. The van der Waals surface area contributed by atoms with Crippen molar-refractivity contribution in [2.75, 3.05) is 6.54 Å². The molecule has 10 heavy (non-hydrogen) atoms. The highest BCUT2D eigenvalue weighted by Crippen LogP contribution is 2.01. The number of hydrogen-bond donors (Lipinski definition) is 0. The molecule has 0 aliphatic heterocycles. The Hall–Kier alpha value is -0.980. The summed E-state index contributed by atoms with van der Waals surface area (Å²) in [5.74, 6) is 0. The van der Waals surface area contributed by atoms with Crippen molar-refractivity contribution < 1.29 is 0 Å². The van der Waals surface area contributed by atoms with Crippen molar-refractivity contribution >= 4 is 0 Å². The highest BCUT2D eigenvalue weighted by Gasteiger charge is 1.93. The zero-order valence-corrected chi connectivity index (χ0v) is 6.80. The van der Waals surface area contributed by atoms with Gasteiger partial charge in [-0.15, -0.1) is 0 Å². The summed E-state index contributed by atoms with van der Waals surface area (Å²) in [7, 11) is 0. The Bertz CT molecular complexity index is 145. The van der Waals surface area contributed by atoms with Gasteiger partial charge in [0.2, 0.25) is 0 Å². The minimum Gasteiger partial charge on any atom is -0.353 e. The zero-order chi connectivity index (χ0) is 7.98. The third-order valence-electron chi connectivity index (χ3n) is 1.37. The molecule has 0 aromatic carbocycles. The molecule has 0 N–H and O–H groups in total. The van der Waals surface area contributed by atoms with Crippen LogP contribution < -0.4 is 0 Å². The van der Waals surface area contributed by atoms with E-state index in [0.29, 0.717) is 0 Å². The van der Waals surface area contributed by atoms with Gasteiger partial charge in [0.1, 0.15) is 0 Å². The minimum atomic E-state index is 0.958. The maximum absolute atomic E-state index is 3.69. The van der Waals surface area contributed by atoms with Crippen molar-refractivity contribution in [3.8, 4) is 0 Å². The maximum Gasteiger partial charge on any atom is 0.0193 e. The SMILES string of the molecule is C=C/C=C(\C)N(C=C)CC. The van der Waals surface area contributed by atoms with E-state index in [9.17, 15) is 0 Å². The third kappa shape index (κ3) is 2.53. The Morgan fingerprint density at radius 1 is 1.50 bits per heavy atom. The molecule has 1 nitrogen and oxygen atoms in total. The quantitative estimate of drug-likeness (QED) is 0.538. The van der Waals surface area contributed by atoms with E-state index < -0.39 is 0 Å². The van der Waals surface area contributed by atoms with E-state index in [1.54, 1.807) is 6.08 Å². The Morgan fingerprint density at radius 3 is 2.40 bits per heavy atom. The van der Waals surface area contributed by atoms with Crippen LogP contribution in [0, 0.1) is 0 Å². The molecule has 0 aromatic heterocycles. The van der Waals surface area contributed by atoms with Gasteiger partial charge in [0.15, 0.2) is 0 Å². The van der Waals surface area contributed by atoms with Gasteiger partial charge in [-0.25, -0.2) is 0 Å². The summed E-state index contributed by atoms with van der Waals surface area (Å²) in [5, 5.41) is 0. The van der Waals surface area contributed by atoms with E-state index in [-0.39, 0.29) is 0 Å². The van der Waals surface area contributed by atoms with Crippen molar-refractivity contribution in [3.63, 3.8) is 0 Å². The molecular formula is C9H15N. The standard InChI is InChI=1S/C9H15N/c1-5-8-9(4)10(6-2)7-3/h5-6,8H,1-2,7H2,3-4H3/b9-8+. The van der Waals surface area contributed by atoms with Gasteiger partial charge in [0, 0.05) is 12.2 Å². The fourth-order valence-corrected chi connectivity index (χ4v) is 0.789. The van der Waals surface area contributed by atoms with Crippen LogP contribution in [0.25, 0.3) is 0 Å². The second kappa shape index (κ2) is 4.86. The normalized spacial score (nSPS) is 10.8. The molecule has 0 saturated carbocycles. The minimum absolute atomic E-state index is 0.958. The average Bonchev–Trinajstić information content (AvgIpc) is 1.91. The lowest BCUT2D eigenvalue weighted by molar-refractivity contribution is 0.494. The summed E-state index contributed by atoms with van der Waals surface area (Å²) >= 11 is 0. The first-order chi connectivity index (χ1) is 4.76. The molecule has 0 spiro atoms. The first kappa shape index (κ1) is 9.02. The molecule has 0 fully saturated rings. The summed E-state index contributed by atoms with van der Waals surface area (Å²) in [6.45, 7) is 12.4. The third-order valence-corrected chi connectivity index (χ3v) is 1.37. The molecule has 0 atom stereocenters. The van der Waals surface area contributed by atoms with Crippen LogP contribution in [-0.2, 0) is 0 Å². The number of allylic oxidation sites excluding steroid dienone is 3. The highest BCUT2D eigenvalue weighted by atomic mass is 15.1. The molecule has 0 unspecified atom stereocenters. The summed E-state index contributed by atoms with van der Waals surface area (Å²) in [4.78, 5) is 2.06. The molecule has 0 radical (unpaired) electrons. The van der Waals surface area contributed by atoms with Crippen LogP contribution in [0.15, 0.2) is 37.2 Å². The molecular weight excluding hydrogens is 122 g/mol. The second-order valence-corrected chi connectivity index (χ2v) is 2.01. The van der Waals surface area contributed by atoms with Crippen LogP contribution in [0.1, 0.15) is 13.8 Å². The van der Waals surface area contributed by atoms with Gasteiger partial charge >= 0.3 is 0 Å². The molecule has 0 saturated heterocycles. The predicted octanol–water partition coefficient (Wildman–Crippen LogP) is 2.54. The van der Waals surface area contributed by atoms with Crippen LogP contribution in [0.3, 0.4) is 0 Å². The van der Waals surface area contributed by atoms with Gasteiger partial charge in [-0.2, -0.15) is 0 Å². The number of hydrogen-bond acceptors (Lipinski definition) is 1. The fraction of sp³-hybridized carbons (Fsp3) is 0.333. The number of rotatable bonds is 4. The second-order valence-electron chi connectivity index (χ2n) is 2.01. The summed E-state index contributed by atoms with van der Waals surface area (Å²) < 4.78 is 0. The van der Waals surface area contributed by atoms with Gasteiger partial charge in [0.25, 0.3) is 0 Å². The molecule has 0 aromatic rings. The van der Waals surface area contributed by atoms with Crippen LogP contribution in [0.2, 0.25) is 0 Å². The van der Waals surface area contributed by atoms with Gasteiger partial charge in [-0.05, 0) is 26.1 Å². The van der Waals surface area contributed by atoms with E-state index in [1.165, 1.54) is 5.70 Å². The van der Waals surface area contributed by atoms with Crippen molar-refractivity contribution in [1.82, 2.24) is 4.90 Å². The lowest BCUT2D eigenvalue weighted by Crippen LogP contribution is -2.12. The monoisotopic (exact) mass is 137 g/mol. The largest absolute Gasteiger partial charge is 0.353 e. The van der Waals surface area contributed by atoms with Crippen molar-refractivity contribution in [1.29, 1.82) is 0 Å². The molecule has 0 rings (SSSR count). The van der Waals surface area contributed by atoms with Crippen molar-refractivity contribution in [2.24, 2.45) is 0 Å². The van der Waals surface area contributed by atoms with Crippen LogP contribution >= 0.6 is 0 Å². The van der Waals surface area contributed by atoms with Crippen LogP contribution in [0.4, 0.5) is 0 Å². The first-order valence-electron chi connectivity index (χ1n) is 3.44. The highest BCUT2D eigenvalue weighted by molar-refractivity contribution is 5.08. The lowest BCUT2D eigenvalue weighted by atomic mass is 10.4. The fourth-order valence-electron chi connectivity index (χ4n) is 0.789. The lowest BCUT2D eigenvalue weighted by Gasteiger charge is -2.17. The summed E-state index contributed by atoms with van der Waals surface area (Å²) in [6.07, 6.45) is 5.56. The molecule has 0 aliphatic carbocycles. The molecule has 0 bridgehead atoms. The van der Waals surface area contributed by atoms with E-state index in [4.69, 9.17) is 0 Å². The Morgan fingerprint density at radius 2 is 2.10 bits per heavy atom. The van der Waals surface area contributed by atoms with E-state index in [0.717, 1.165) is 6.54 Å². The molecule has 0 amide bonds. The van der Waals surface area contributed by atoms with Gasteiger partial charge in [0.05, 0.1) is 0 Å². The maximum atomic E-state index is 3.69. The Labute approximate surface area is 63.3 Å². The van der Waals surface area contributed by atoms with E-state index in [2.05, 4.69) is 25.0 Å². The molecule has 0 aliphatic rings. The van der Waals surface area contributed by atoms with E-state index in [1.807, 2.05) is 19.2 Å². The topological polar surface area (TPSA) is 3.24 Å². The average molecular weight is 137 g/mol. The Kier molecular flexibility index (Phi) is 4.38. The smallest absolute Gasteiger partial charge is 0.0193 e. The summed E-state index contributed by atoms with van der Waals surface area (Å²) in [5.41, 5.74) is 1.17. The van der Waals surface area contributed by atoms with E-state index >= 15 is 0 Å². The Balaban J connectivity index is 4.12. The van der Waals surface area contributed by atoms with Crippen molar-refractivity contribution in [2.45, 2.75) is 13.8 Å². The summed E-state index contributed by atoms with van der Waals surface area (Å²) in [6, 6.07) is 0. The van der Waals surface area contributed by atoms with Crippen LogP contribution in [-0.4, -0.2) is 11.4 Å².